The molecular formula is C16H13Cl3N2O. The molecule has 22 heavy (non-hydrogen) atoms. The fourth-order valence-corrected chi connectivity index (χ4v) is 3.41. The smallest absolute Gasteiger partial charge is 0.258 e. The van der Waals surface area contributed by atoms with Crippen LogP contribution in [-0.4, -0.2) is 17.4 Å². The van der Waals surface area contributed by atoms with Gasteiger partial charge in [-0.15, -0.1) is 0 Å². The Morgan fingerprint density at radius 3 is 2.55 bits per heavy atom. The Bertz CT molecular complexity index is 741. The van der Waals surface area contributed by atoms with Crippen LogP contribution in [0.4, 0.5) is 5.69 Å². The van der Waals surface area contributed by atoms with Gasteiger partial charge in [-0.05, 0) is 49.1 Å². The van der Waals surface area contributed by atoms with Crippen LogP contribution in [0.25, 0.3) is 0 Å². The lowest BCUT2D eigenvalue weighted by Crippen LogP contribution is -2.36. The Hall–Kier alpha value is -1.29. The van der Waals surface area contributed by atoms with Crippen LogP contribution in [0.3, 0.4) is 0 Å². The summed E-state index contributed by atoms with van der Waals surface area (Å²) in [6, 6.07) is 6.92. The average molecular weight is 356 g/mol. The fraction of sp³-hybridized carbons (Fsp3) is 0.250. The van der Waals surface area contributed by atoms with E-state index in [2.05, 4.69) is 4.98 Å². The Morgan fingerprint density at radius 2 is 1.86 bits per heavy atom. The van der Waals surface area contributed by atoms with Crippen molar-refractivity contribution in [2.24, 2.45) is 0 Å². The number of halogens is 3. The maximum Gasteiger partial charge on any atom is 0.258 e. The fourth-order valence-electron chi connectivity index (χ4n) is 2.80. The third-order valence-corrected chi connectivity index (χ3v) is 4.60. The number of fused-ring (bicyclic) bond motifs is 1. The number of carbonyl (C=O) groups is 1. The molecule has 0 saturated heterocycles. The lowest BCUT2D eigenvalue weighted by molar-refractivity contribution is 0.0985. The van der Waals surface area contributed by atoms with Crippen molar-refractivity contribution in [3.05, 3.63) is 56.3 Å². The first-order valence-electron chi connectivity index (χ1n) is 6.90. The SMILES string of the molecule is Cc1c(Cl)ccc2c1N(C(=O)c1cc(Cl)nc(Cl)c1)CCC2. The zero-order valence-corrected chi connectivity index (χ0v) is 14.1. The maximum absolute atomic E-state index is 12.9. The Labute approximate surface area is 143 Å². The highest BCUT2D eigenvalue weighted by Crippen LogP contribution is 2.35. The van der Waals surface area contributed by atoms with Crippen LogP contribution < -0.4 is 4.90 Å². The number of hydrogen-bond donors (Lipinski definition) is 0. The van der Waals surface area contributed by atoms with Crippen LogP contribution in [0.1, 0.15) is 27.9 Å². The third kappa shape index (κ3) is 2.81. The molecular weight excluding hydrogens is 343 g/mol. The van der Waals surface area contributed by atoms with Gasteiger partial charge in [0, 0.05) is 17.1 Å². The van der Waals surface area contributed by atoms with Gasteiger partial charge in [-0.1, -0.05) is 40.9 Å². The second-order valence-electron chi connectivity index (χ2n) is 5.24. The minimum atomic E-state index is -0.141. The van der Waals surface area contributed by atoms with Crippen LogP contribution in [0, 0.1) is 6.92 Å². The highest BCUT2D eigenvalue weighted by atomic mass is 35.5. The predicted octanol–water partition coefficient (Wildman–Crippen LogP) is 4.94. The van der Waals surface area contributed by atoms with Gasteiger partial charge in [0.2, 0.25) is 0 Å². The average Bonchev–Trinajstić information content (AvgIpc) is 2.49. The molecule has 2 heterocycles. The molecule has 3 rings (SSSR count). The number of anilines is 1. The van der Waals surface area contributed by atoms with Crippen molar-refractivity contribution in [2.45, 2.75) is 19.8 Å². The predicted molar refractivity (Wildman–Crippen MR) is 90.4 cm³/mol. The highest BCUT2D eigenvalue weighted by Gasteiger charge is 2.26. The summed E-state index contributed by atoms with van der Waals surface area (Å²) in [6.07, 6.45) is 1.85. The number of benzene rings is 1. The lowest BCUT2D eigenvalue weighted by Gasteiger charge is -2.31. The van der Waals surface area contributed by atoms with Crippen LogP contribution in [-0.2, 0) is 6.42 Å². The van der Waals surface area contributed by atoms with Crippen LogP contribution in [0.2, 0.25) is 15.3 Å². The quantitative estimate of drug-likeness (QED) is 0.679. The van der Waals surface area contributed by atoms with E-state index in [0.717, 1.165) is 29.7 Å². The van der Waals surface area contributed by atoms with Crippen molar-refractivity contribution in [3.8, 4) is 0 Å². The van der Waals surface area contributed by atoms with E-state index in [1.807, 2.05) is 19.1 Å². The number of hydrogen-bond acceptors (Lipinski definition) is 2. The molecule has 3 nitrogen and oxygen atoms in total. The monoisotopic (exact) mass is 354 g/mol. The number of nitrogens with zero attached hydrogens (tertiary/aromatic N) is 2. The number of pyridine rings is 1. The summed E-state index contributed by atoms with van der Waals surface area (Å²) in [4.78, 5) is 18.5. The van der Waals surface area contributed by atoms with Gasteiger partial charge in [0.05, 0.1) is 5.69 Å². The summed E-state index contributed by atoms with van der Waals surface area (Å²) in [6.45, 7) is 2.57. The molecule has 1 amide bonds. The highest BCUT2D eigenvalue weighted by molar-refractivity contribution is 6.33. The number of aryl methyl sites for hydroxylation is 1. The van der Waals surface area contributed by atoms with Crippen molar-refractivity contribution in [3.63, 3.8) is 0 Å². The second kappa shape index (κ2) is 6.07. The molecule has 1 aromatic heterocycles. The number of carbonyl (C=O) groups excluding carboxylic acids is 1. The molecule has 0 fully saturated rings. The third-order valence-electron chi connectivity index (χ3n) is 3.80. The van der Waals surface area contributed by atoms with Gasteiger partial charge in [-0.3, -0.25) is 4.79 Å². The van der Waals surface area contributed by atoms with Gasteiger partial charge < -0.3 is 4.90 Å². The van der Waals surface area contributed by atoms with Gasteiger partial charge in [-0.2, -0.15) is 0 Å². The molecule has 6 heteroatoms. The molecule has 114 valence electrons. The summed E-state index contributed by atoms with van der Waals surface area (Å²) in [7, 11) is 0. The first kappa shape index (κ1) is 15.6. The van der Waals surface area contributed by atoms with Crippen molar-refractivity contribution < 1.29 is 4.79 Å². The molecule has 0 bridgehead atoms. The topological polar surface area (TPSA) is 33.2 Å². The number of amides is 1. The summed E-state index contributed by atoms with van der Waals surface area (Å²) in [5.74, 6) is -0.141. The van der Waals surface area contributed by atoms with Gasteiger partial charge in [-0.25, -0.2) is 4.98 Å². The van der Waals surface area contributed by atoms with Gasteiger partial charge in [0.1, 0.15) is 10.3 Å². The summed E-state index contributed by atoms with van der Waals surface area (Å²) < 4.78 is 0. The van der Waals surface area contributed by atoms with E-state index in [9.17, 15) is 4.79 Å². The molecule has 1 aliphatic heterocycles. The zero-order chi connectivity index (χ0) is 15.9. The van der Waals surface area contributed by atoms with E-state index in [1.165, 1.54) is 12.1 Å². The second-order valence-corrected chi connectivity index (χ2v) is 6.42. The van der Waals surface area contributed by atoms with E-state index in [0.29, 0.717) is 17.1 Å². The Morgan fingerprint density at radius 1 is 1.18 bits per heavy atom. The molecule has 1 aromatic carbocycles. The molecule has 2 aromatic rings. The van der Waals surface area contributed by atoms with E-state index < -0.39 is 0 Å². The first-order chi connectivity index (χ1) is 10.5. The molecule has 1 aliphatic rings. The number of aromatic nitrogens is 1. The molecule has 0 radical (unpaired) electrons. The summed E-state index contributed by atoms with van der Waals surface area (Å²) in [5.41, 5.74) is 3.37. The van der Waals surface area contributed by atoms with Gasteiger partial charge in [0.25, 0.3) is 5.91 Å². The lowest BCUT2D eigenvalue weighted by atomic mass is 9.97. The zero-order valence-electron chi connectivity index (χ0n) is 11.9. The van der Waals surface area contributed by atoms with E-state index in [1.54, 1.807) is 4.90 Å². The molecule has 0 saturated carbocycles. The molecule has 0 spiro atoms. The minimum Gasteiger partial charge on any atom is -0.308 e. The number of rotatable bonds is 1. The van der Waals surface area contributed by atoms with Crippen LogP contribution in [0.5, 0.6) is 0 Å². The first-order valence-corrected chi connectivity index (χ1v) is 8.03. The van der Waals surface area contributed by atoms with Crippen molar-refractivity contribution in [1.29, 1.82) is 0 Å². The van der Waals surface area contributed by atoms with E-state index in [-0.39, 0.29) is 16.2 Å². The van der Waals surface area contributed by atoms with Gasteiger partial charge in [0.15, 0.2) is 0 Å². The van der Waals surface area contributed by atoms with Gasteiger partial charge >= 0.3 is 0 Å². The molecule has 0 unspecified atom stereocenters. The minimum absolute atomic E-state index is 0.141. The summed E-state index contributed by atoms with van der Waals surface area (Å²) in [5, 5.41) is 1.07. The van der Waals surface area contributed by atoms with Crippen molar-refractivity contribution in [1.82, 2.24) is 4.98 Å². The van der Waals surface area contributed by atoms with Crippen LogP contribution in [0.15, 0.2) is 24.3 Å². The maximum atomic E-state index is 12.9. The Kier molecular flexibility index (Phi) is 4.31. The molecule has 0 aliphatic carbocycles. The van der Waals surface area contributed by atoms with Crippen molar-refractivity contribution in [2.75, 3.05) is 11.4 Å². The largest absolute Gasteiger partial charge is 0.308 e. The molecule has 0 atom stereocenters. The molecule has 0 N–H and O–H groups in total. The van der Waals surface area contributed by atoms with E-state index in [4.69, 9.17) is 34.8 Å². The Balaban J connectivity index is 2.07. The van der Waals surface area contributed by atoms with Crippen molar-refractivity contribution >= 4 is 46.4 Å². The van der Waals surface area contributed by atoms with Crippen LogP contribution >= 0.6 is 34.8 Å². The normalized spacial score (nSPS) is 13.9. The summed E-state index contributed by atoms with van der Waals surface area (Å²) >= 11 is 18.0. The van der Waals surface area contributed by atoms with E-state index >= 15 is 0 Å². The standard InChI is InChI=1S/C16H13Cl3N2O/c1-9-12(17)5-4-10-3-2-6-21(15(9)10)16(22)11-7-13(18)20-14(19)8-11/h4-5,7-8H,2-3,6H2,1H3.